The first-order chi connectivity index (χ1) is 10.3. The van der Waals surface area contributed by atoms with E-state index in [0.29, 0.717) is 5.69 Å². The molecule has 0 fully saturated rings. The summed E-state index contributed by atoms with van der Waals surface area (Å²) in [6.45, 7) is 0. The van der Waals surface area contributed by atoms with Gasteiger partial charge in [0.2, 0.25) is 0 Å². The van der Waals surface area contributed by atoms with E-state index >= 15 is 0 Å². The van der Waals surface area contributed by atoms with E-state index in [9.17, 15) is 13.2 Å². The van der Waals surface area contributed by atoms with Crippen molar-refractivity contribution in [3.05, 3.63) is 53.1 Å². The van der Waals surface area contributed by atoms with Gasteiger partial charge in [0.25, 0.3) is 0 Å². The molecule has 0 radical (unpaired) electrons. The van der Waals surface area contributed by atoms with Gasteiger partial charge < -0.3 is 10.1 Å². The van der Waals surface area contributed by atoms with E-state index in [4.69, 9.17) is 11.6 Å². The molecule has 0 heterocycles. The molecule has 7 heteroatoms. The highest BCUT2D eigenvalue weighted by atomic mass is 35.5. The number of esters is 1. The number of anilines is 2. The van der Waals surface area contributed by atoms with E-state index in [-0.39, 0.29) is 21.2 Å². The van der Waals surface area contributed by atoms with Crippen molar-refractivity contribution in [2.75, 3.05) is 18.7 Å². The maximum atomic E-state index is 12.0. The number of rotatable bonds is 4. The minimum atomic E-state index is -3.60. The fourth-order valence-electron chi connectivity index (χ4n) is 1.90. The van der Waals surface area contributed by atoms with E-state index < -0.39 is 15.8 Å². The Morgan fingerprint density at radius 3 is 2.36 bits per heavy atom. The Balaban J connectivity index is 2.60. The molecule has 2 aromatic rings. The van der Waals surface area contributed by atoms with Crippen LogP contribution < -0.4 is 5.32 Å². The fourth-order valence-corrected chi connectivity index (χ4v) is 3.09. The number of ether oxygens (including phenoxy) is 1. The highest BCUT2D eigenvalue weighted by Gasteiger charge is 2.20. The first-order valence-corrected chi connectivity index (χ1v) is 8.54. The third kappa shape index (κ3) is 3.58. The molecule has 22 heavy (non-hydrogen) atoms. The minimum absolute atomic E-state index is 0.0655. The summed E-state index contributed by atoms with van der Waals surface area (Å²) in [5.74, 6) is -0.655. The summed E-state index contributed by atoms with van der Waals surface area (Å²) in [5.41, 5.74) is 0.981. The van der Waals surface area contributed by atoms with Crippen LogP contribution in [0.4, 0.5) is 11.4 Å². The second-order valence-electron chi connectivity index (χ2n) is 4.59. The van der Waals surface area contributed by atoms with E-state index in [1.165, 1.54) is 19.2 Å². The summed E-state index contributed by atoms with van der Waals surface area (Å²) < 4.78 is 28.6. The van der Waals surface area contributed by atoms with Gasteiger partial charge in [-0.05, 0) is 24.3 Å². The molecule has 0 saturated carbocycles. The van der Waals surface area contributed by atoms with Crippen LogP contribution in [-0.2, 0) is 14.6 Å². The van der Waals surface area contributed by atoms with Crippen LogP contribution in [0.3, 0.4) is 0 Å². The van der Waals surface area contributed by atoms with Crippen LogP contribution in [0.5, 0.6) is 0 Å². The number of halogens is 1. The van der Waals surface area contributed by atoms with Gasteiger partial charge in [0.1, 0.15) is 0 Å². The molecule has 0 atom stereocenters. The standard InChI is InChI=1S/C15H14ClNO4S/c1-21-15(18)10-8-12(16)14(13(9-10)22(2,19)20)17-11-6-4-3-5-7-11/h3-9,17H,1-2H3. The number of benzene rings is 2. The number of hydrogen-bond acceptors (Lipinski definition) is 5. The van der Waals surface area contributed by atoms with Crippen molar-refractivity contribution in [1.82, 2.24) is 0 Å². The lowest BCUT2D eigenvalue weighted by atomic mass is 10.2. The first-order valence-electron chi connectivity index (χ1n) is 6.27. The number of hydrogen-bond donors (Lipinski definition) is 1. The Morgan fingerprint density at radius 1 is 1.18 bits per heavy atom. The molecule has 116 valence electrons. The van der Waals surface area contributed by atoms with Gasteiger partial charge in [-0.3, -0.25) is 0 Å². The van der Waals surface area contributed by atoms with E-state index in [0.717, 1.165) is 6.26 Å². The van der Waals surface area contributed by atoms with Crippen molar-refractivity contribution in [2.45, 2.75) is 4.90 Å². The van der Waals surface area contributed by atoms with E-state index in [1.807, 2.05) is 6.07 Å². The summed E-state index contributed by atoms with van der Waals surface area (Å²) >= 11 is 6.16. The van der Waals surface area contributed by atoms with Crippen molar-refractivity contribution in [3.8, 4) is 0 Å². The van der Waals surface area contributed by atoms with E-state index in [2.05, 4.69) is 10.1 Å². The van der Waals surface area contributed by atoms with Gasteiger partial charge in [-0.2, -0.15) is 0 Å². The van der Waals surface area contributed by atoms with Gasteiger partial charge in [0.05, 0.1) is 28.3 Å². The third-order valence-corrected chi connectivity index (χ3v) is 4.34. The van der Waals surface area contributed by atoms with Crippen molar-refractivity contribution in [2.24, 2.45) is 0 Å². The zero-order chi connectivity index (χ0) is 16.3. The molecule has 0 aliphatic heterocycles. The Kier molecular flexibility index (Phi) is 4.73. The predicted octanol–water partition coefficient (Wildman–Crippen LogP) is 3.27. The minimum Gasteiger partial charge on any atom is -0.465 e. The Hall–Kier alpha value is -2.05. The molecule has 0 saturated heterocycles. The van der Waals surface area contributed by atoms with Crippen LogP contribution in [0.2, 0.25) is 5.02 Å². The quantitative estimate of drug-likeness (QED) is 0.865. The molecule has 0 aromatic heterocycles. The zero-order valence-corrected chi connectivity index (χ0v) is 13.5. The Labute approximate surface area is 133 Å². The monoisotopic (exact) mass is 339 g/mol. The van der Waals surface area contributed by atoms with Gasteiger partial charge >= 0.3 is 5.97 Å². The van der Waals surface area contributed by atoms with Crippen LogP contribution in [-0.4, -0.2) is 27.8 Å². The van der Waals surface area contributed by atoms with Gasteiger partial charge in [0.15, 0.2) is 9.84 Å². The lowest BCUT2D eigenvalue weighted by Gasteiger charge is -2.14. The van der Waals surface area contributed by atoms with Gasteiger partial charge in [0, 0.05) is 11.9 Å². The maximum absolute atomic E-state index is 12.0. The number of para-hydroxylation sites is 1. The molecule has 0 bridgehead atoms. The van der Waals surface area contributed by atoms with Crippen molar-refractivity contribution in [1.29, 1.82) is 0 Å². The fraction of sp³-hybridized carbons (Fsp3) is 0.133. The zero-order valence-electron chi connectivity index (χ0n) is 12.0. The molecule has 0 unspecified atom stereocenters. The maximum Gasteiger partial charge on any atom is 0.337 e. The number of methoxy groups -OCH3 is 1. The van der Waals surface area contributed by atoms with Crippen LogP contribution in [0.25, 0.3) is 0 Å². The SMILES string of the molecule is COC(=O)c1cc(Cl)c(Nc2ccccc2)c(S(C)(=O)=O)c1. The number of sulfone groups is 1. The molecule has 0 aliphatic rings. The lowest BCUT2D eigenvalue weighted by molar-refractivity contribution is 0.0600. The van der Waals surface area contributed by atoms with Crippen molar-refractivity contribution in [3.63, 3.8) is 0 Å². The topological polar surface area (TPSA) is 72.5 Å². The number of carbonyl (C=O) groups is 1. The summed E-state index contributed by atoms with van der Waals surface area (Å²) in [6.07, 6.45) is 1.05. The van der Waals surface area contributed by atoms with Gasteiger partial charge in [-0.25, -0.2) is 13.2 Å². The molecule has 5 nitrogen and oxygen atoms in total. The van der Waals surface area contributed by atoms with E-state index in [1.54, 1.807) is 24.3 Å². The highest BCUT2D eigenvalue weighted by molar-refractivity contribution is 7.90. The Bertz CT molecular complexity index is 804. The van der Waals surface area contributed by atoms with Crippen LogP contribution in [0.15, 0.2) is 47.4 Å². The summed E-state index contributed by atoms with van der Waals surface area (Å²) in [7, 11) is -2.38. The van der Waals surface area contributed by atoms with Gasteiger partial charge in [-0.15, -0.1) is 0 Å². The highest BCUT2D eigenvalue weighted by Crippen LogP contribution is 2.34. The van der Waals surface area contributed by atoms with Crippen LogP contribution in [0, 0.1) is 0 Å². The molecule has 1 N–H and O–H groups in total. The second-order valence-corrected chi connectivity index (χ2v) is 6.98. The molecule has 0 amide bonds. The molecular formula is C15H14ClNO4S. The molecule has 0 aliphatic carbocycles. The third-order valence-electron chi connectivity index (χ3n) is 2.92. The van der Waals surface area contributed by atoms with Crippen molar-refractivity contribution >= 4 is 38.8 Å². The lowest BCUT2D eigenvalue weighted by Crippen LogP contribution is -2.08. The average molecular weight is 340 g/mol. The number of nitrogens with one attached hydrogen (secondary N) is 1. The van der Waals surface area contributed by atoms with Crippen molar-refractivity contribution < 1.29 is 17.9 Å². The average Bonchev–Trinajstić information content (AvgIpc) is 2.48. The predicted molar refractivity (Wildman–Crippen MR) is 85.6 cm³/mol. The molecule has 0 spiro atoms. The summed E-state index contributed by atoms with van der Waals surface area (Å²) in [5, 5.41) is 3.09. The number of carbonyl (C=O) groups excluding carboxylic acids is 1. The first kappa shape index (κ1) is 16.3. The normalized spacial score (nSPS) is 11.0. The molecule has 2 rings (SSSR count). The Morgan fingerprint density at radius 2 is 1.82 bits per heavy atom. The smallest absolute Gasteiger partial charge is 0.337 e. The summed E-state index contributed by atoms with van der Waals surface area (Å²) in [6, 6.07) is 11.6. The van der Waals surface area contributed by atoms with Crippen LogP contribution in [0.1, 0.15) is 10.4 Å². The second kappa shape index (κ2) is 6.37. The summed E-state index contributed by atoms with van der Waals surface area (Å²) in [4.78, 5) is 11.6. The van der Waals surface area contributed by atoms with Crippen LogP contribution >= 0.6 is 11.6 Å². The van der Waals surface area contributed by atoms with Gasteiger partial charge in [-0.1, -0.05) is 29.8 Å². The molecular weight excluding hydrogens is 326 g/mol. The largest absolute Gasteiger partial charge is 0.465 e. The molecule has 2 aromatic carbocycles.